The van der Waals surface area contributed by atoms with Gasteiger partial charge in [-0.05, 0) is 54.7 Å². The predicted molar refractivity (Wildman–Crippen MR) is 144 cm³/mol. The van der Waals surface area contributed by atoms with Crippen LogP contribution < -0.4 is 5.32 Å². The van der Waals surface area contributed by atoms with Crippen LogP contribution in [0.4, 0.5) is 18.9 Å². The summed E-state index contributed by atoms with van der Waals surface area (Å²) in [6.45, 7) is 9.09. The molecule has 0 saturated heterocycles. The number of nitrogens with one attached hydrogen (secondary N) is 1. The zero-order chi connectivity index (χ0) is 28.9. The van der Waals surface area contributed by atoms with Crippen LogP contribution in [-0.4, -0.2) is 27.0 Å². The summed E-state index contributed by atoms with van der Waals surface area (Å²) < 4.78 is 39.3. The van der Waals surface area contributed by atoms with Gasteiger partial charge in [0.1, 0.15) is 0 Å². The number of alkyl halides is 3. The van der Waals surface area contributed by atoms with Crippen LogP contribution in [0.2, 0.25) is 0 Å². The molecule has 1 unspecified atom stereocenters. The Morgan fingerprint density at radius 3 is 2.33 bits per heavy atom. The molecule has 0 radical (unpaired) electrons. The molecule has 1 atom stereocenters. The van der Waals surface area contributed by atoms with Gasteiger partial charge in [0.25, 0.3) is 5.91 Å². The van der Waals surface area contributed by atoms with E-state index in [1.807, 2.05) is 0 Å². The molecule has 4 aromatic rings. The normalized spacial score (nSPS) is 12.1. The molecule has 3 aromatic carbocycles. The Morgan fingerprint density at radius 1 is 1.00 bits per heavy atom. The average molecular weight is 547 g/mol. The van der Waals surface area contributed by atoms with Crippen molar-refractivity contribution < 1.29 is 27.9 Å². The maximum Gasteiger partial charge on any atom is 0.416 e. The lowest BCUT2D eigenvalue weighted by molar-refractivity contribution is -0.138. The number of fused-ring (bicyclic) bond motifs is 1. The molecule has 1 amide bonds. The summed E-state index contributed by atoms with van der Waals surface area (Å²) >= 11 is 0. The van der Waals surface area contributed by atoms with Gasteiger partial charge in [0.2, 0.25) is 0 Å². The van der Waals surface area contributed by atoms with Crippen LogP contribution >= 0.6 is 0 Å². The number of rotatable bonds is 9. The van der Waals surface area contributed by atoms with Gasteiger partial charge in [-0.1, -0.05) is 43.3 Å². The molecule has 1 aromatic heterocycles. The van der Waals surface area contributed by atoms with E-state index in [9.17, 15) is 22.8 Å². The Hall–Kier alpha value is -4.78. The highest BCUT2D eigenvalue weighted by Gasteiger charge is 2.30. The number of carboxylic acids is 1. The highest BCUT2D eigenvalue weighted by molar-refractivity contribution is 5.97. The zero-order valence-corrected chi connectivity index (χ0v) is 21.5. The van der Waals surface area contributed by atoms with E-state index in [2.05, 4.69) is 15.1 Å². The topological polar surface area (TPSA) is 96.5 Å². The Balaban J connectivity index is 1.63. The summed E-state index contributed by atoms with van der Waals surface area (Å²) in [7, 11) is 0. The van der Waals surface area contributed by atoms with Gasteiger partial charge in [-0.2, -0.15) is 13.2 Å². The van der Waals surface area contributed by atoms with Gasteiger partial charge in [-0.25, -0.2) is 14.8 Å². The van der Waals surface area contributed by atoms with E-state index >= 15 is 0 Å². The number of hydrogen-bond donors (Lipinski definition) is 2. The molecule has 2 N–H and O–H groups in total. The monoisotopic (exact) mass is 546 g/mol. The molecule has 1 heterocycles. The smallest absolute Gasteiger partial charge is 0.416 e. The second-order valence-electron chi connectivity index (χ2n) is 9.50. The van der Waals surface area contributed by atoms with Crippen molar-refractivity contribution in [1.82, 2.24) is 15.3 Å². The number of aliphatic carboxylic acids is 1. The minimum absolute atomic E-state index is 0.0262. The Labute approximate surface area is 228 Å². The molecule has 0 bridgehead atoms. The number of carboxylic acid groups (broad SMARTS) is 1. The third kappa shape index (κ3) is 6.99. The summed E-state index contributed by atoms with van der Waals surface area (Å²) in [5.41, 5.74) is 3.17. The van der Waals surface area contributed by atoms with Gasteiger partial charge in [-0.15, -0.1) is 0 Å². The van der Waals surface area contributed by atoms with E-state index in [-0.39, 0.29) is 24.8 Å². The summed E-state index contributed by atoms with van der Waals surface area (Å²) in [5, 5.41) is 11.9. The van der Waals surface area contributed by atoms with Crippen LogP contribution in [0, 0.1) is 12.5 Å². The average Bonchev–Trinajstić information content (AvgIpc) is 2.93. The van der Waals surface area contributed by atoms with Crippen molar-refractivity contribution >= 4 is 28.6 Å². The van der Waals surface area contributed by atoms with E-state index in [0.29, 0.717) is 52.1 Å². The van der Waals surface area contributed by atoms with Gasteiger partial charge in [0, 0.05) is 24.1 Å². The number of aromatic nitrogens is 2. The van der Waals surface area contributed by atoms with Gasteiger partial charge >= 0.3 is 12.1 Å². The lowest BCUT2D eigenvalue weighted by Gasteiger charge is -2.14. The van der Waals surface area contributed by atoms with Crippen molar-refractivity contribution in [3.63, 3.8) is 0 Å². The molecule has 0 saturated carbocycles. The Kier molecular flexibility index (Phi) is 8.43. The van der Waals surface area contributed by atoms with Crippen LogP contribution in [0.25, 0.3) is 27.1 Å². The number of carbonyl (C=O) groups is 2. The summed E-state index contributed by atoms with van der Waals surface area (Å²) in [6.07, 6.45) is -3.67. The van der Waals surface area contributed by atoms with E-state index in [0.717, 1.165) is 17.7 Å². The first-order valence-corrected chi connectivity index (χ1v) is 12.5. The molecule has 40 heavy (non-hydrogen) atoms. The number of amides is 1. The zero-order valence-electron chi connectivity index (χ0n) is 21.5. The van der Waals surface area contributed by atoms with Gasteiger partial charge in [-0.3, -0.25) is 9.59 Å². The van der Waals surface area contributed by atoms with Crippen LogP contribution in [0.15, 0.2) is 66.7 Å². The molecule has 7 nitrogen and oxygen atoms in total. The third-order valence-corrected chi connectivity index (χ3v) is 6.40. The van der Waals surface area contributed by atoms with Crippen molar-refractivity contribution in [2.45, 2.75) is 38.9 Å². The number of nitrogens with zero attached hydrogens (tertiary/aromatic N) is 3. The lowest BCUT2D eigenvalue weighted by Crippen LogP contribution is -2.22. The molecule has 0 fully saturated rings. The first-order chi connectivity index (χ1) is 19.0. The minimum atomic E-state index is -4.47. The number of halogens is 3. The SMILES string of the molecule is [C-]#[N+]c1ccc(CNC(=O)c2ccc3nc(-c4ccc(C(F)(F)F)cc4)c(CCC(C)CC(=O)O)nc3c2)cc1. The van der Waals surface area contributed by atoms with Crippen molar-refractivity contribution in [2.75, 3.05) is 0 Å². The fourth-order valence-electron chi connectivity index (χ4n) is 4.21. The maximum atomic E-state index is 13.1. The minimum Gasteiger partial charge on any atom is -0.481 e. The maximum absolute atomic E-state index is 13.1. The third-order valence-electron chi connectivity index (χ3n) is 6.40. The first kappa shape index (κ1) is 28.2. The number of hydrogen-bond acceptors (Lipinski definition) is 4. The van der Waals surface area contributed by atoms with Gasteiger partial charge in [0.05, 0.1) is 34.6 Å². The first-order valence-electron chi connectivity index (χ1n) is 12.5. The van der Waals surface area contributed by atoms with E-state index in [1.165, 1.54) is 12.1 Å². The van der Waals surface area contributed by atoms with Crippen molar-refractivity contribution in [3.8, 4) is 11.3 Å². The Bertz CT molecular complexity index is 1580. The highest BCUT2D eigenvalue weighted by atomic mass is 19.4. The summed E-state index contributed by atoms with van der Waals surface area (Å²) in [6, 6.07) is 16.4. The van der Waals surface area contributed by atoms with Crippen LogP contribution in [0.5, 0.6) is 0 Å². The molecule has 204 valence electrons. The molecule has 0 aliphatic carbocycles. The molecule has 0 aliphatic heterocycles. The molecule has 4 rings (SSSR count). The fraction of sp³-hybridized carbons (Fsp3) is 0.233. The largest absolute Gasteiger partial charge is 0.481 e. The molecule has 0 spiro atoms. The van der Waals surface area contributed by atoms with Crippen molar-refractivity contribution in [3.05, 3.63) is 101 Å². The molecular weight excluding hydrogens is 521 g/mol. The van der Waals surface area contributed by atoms with E-state index < -0.39 is 17.7 Å². The molecular formula is C30H25F3N4O3. The fourth-order valence-corrected chi connectivity index (χ4v) is 4.21. The van der Waals surface area contributed by atoms with E-state index in [1.54, 1.807) is 49.4 Å². The number of benzene rings is 3. The Morgan fingerprint density at radius 2 is 1.70 bits per heavy atom. The van der Waals surface area contributed by atoms with Gasteiger partial charge in [0.15, 0.2) is 5.69 Å². The van der Waals surface area contributed by atoms with Crippen LogP contribution in [0.1, 0.15) is 46.9 Å². The van der Waals surface area contributed by atoms with Crippen molar-refractivity contribution in [1.29, 1.82) is 0 Å². The highest BCUT2D eigenvalue weighted by Crippen LogP contribution is 2.32. The standard InChI is InChI=1S/C30H25F3N4O3/c1-18(15-27(38)39)3-13-25-28(20-6-9-22(10-7-20)30(31,32)33)37-24-14-8-21(16-26(24)36-25)29(40)35-17-19-4-11-23(34-2)12-5-19/h4-12,14,16,18H,3,13,15,17H2,1H3,(H,35,40)(H,38,39). The van der Waals surface area contributed by atoms with Crippen molar-refractivity contribution in [2.24, 2.45) is 5.92 Å². The summed E-state index contributed by atoms with van der Waals surface area (Å²) in [4.78, 5) is 36.7. The van der Waals surface area contributed by atoms with E-state index in [4.69, 9.17) is 16.7 Å². The number of carbonyl (C=O) groups excluding carboxylic acids is 1. The summed E-state index contributed by atoms with van der Waals surface area (Å²) in [5.74, 6) is -1.41. The second-order valence-corrected chi connectivity index (χ2v) is 9.50. The quantitative estimate of drug-likeness (QED) is 0.224. The number of aryl methyl sites for hydroxylation is 1. The molecule has 0 aliphatic rings. The molecule has 10 heteroatoms. The second kappa shape index (κ2) is 11.9. The lowest BCUT2D eigenvalue weighted by atomic mass is 9.97. The van der Waals surface area contributed by atoms with Gasteiger partial charge < -0.3 is 10.4 Å². The van der Waals surface area contributed by atoms with Crippen LogP contribution in [-0.2, 0) is 23.9 Å². The predicted octanol–water partition coefficient (Wildman–Crippen LogP) is 6.84. The van der Waals surface area contributed by atoms with Crippen LogP contribution in [0.3, 0.4) is 0 Å².